The number of hydrogen-bond donors (Lipinski definition) is 0. The molecule has 1 unspecified atom stereocenters. The van der Waals surface area contributed by atoms with Gasteiger partial charge in [0.05, 0.1) is 19.6 Å². The summed E-state index contributed by atoms with van der Waals surface area (Å²) in [5.74, 6) is -0.192. The lowest BCUT2D eigenvalue weighted by Gasteiger charge is -2.33. The molecule has 0 aliphatic carbocycles. The van der Waals surface area contributed by atoms with Gasteiger partial charge in [0.2, 0.25) is 5.91 Å². The summed E-state index contributed by atoms with van der Waals surface area (Å²) in [6.45, 7) is 1.61. The van der Waals surface area contributed by atoms with E-state index in [2.05, 4.69) is 0 Å². The van der Waals surface area contributed by atoms with Crippen LogP contribution in [0.25, 0.3) is 0 Å². The molecule has 3 rings (SSSR count). The summed E-state index contributed by atoms with van der Waals surface area (Å²) in [6.07, 6.45) is -0.0983. The standard InChI is InChI=1S/C19H19F2NO3/c20-15-4-6-17(7-5-15)25-13-18-12-22(8-9-24-18)19(23)11-14-2-1-3-16(21)10-14/h1-7,10,18H,8-9,11-13H2. The topological polar surface area (TPSA) is 38.8 Å². The van der Waals surface area contributed by atoms with Gasteiger partial charge in [0.25, 0.3) is 0 Å². The van der Waals surface area contributed by atoms with Crippen molar-refractivity contribution in [1.29, 1.82) is 0 Å². The van der Waals surface area contributed by atoms with E-state index in [0.29, 0.717) is 31.0 Å². The minimum Gasteiger partial charge on any atom is -0.491 e. The highest BCUT2D eigenvalue weighted by molar-refractivity contribution is 5.78. The number of hydrogen-bond acceptors (Lipinski definition) is 3. The van der Waals surface area contributed by atoms with E-state index in [1.807, 2.05) is 0 Å². The van der Waals surface area contributed by atoms with E-state index in [9.17, 15) is 13.6 Å². The van der Waals surface area contributed by atoms with E-state index in [1.54, 1.807) is 29.2 Å². The van der Waals surface area contributed by atoms with Crippen LogP contribution in [0.5, 0.6) is 5.75 Å². The van der Waals surface area contributed by atoms with Gasteiger partial charge in [-0.3, -0.25) is 4.79 Å². The molecule has 1 heterocycles. The minimum atomic E-state index is -0.349. The van der Waals surface area contributed by atoms with Crippen LogP contribution in [0.2, 0.25) is 0 Å². The van der Waals surface area contributed by atoms with Crippen LogP contribution in [0, 0.1) is 11.6 Å². The van der Waals surface area contributed by atoms with Gasteiger partial charge in [0.1, 0.15) is 30.1 Å². The van der Waals surface area contributed by atoms with Gasteiger partial charge in [0, 0.05) is 6.54 Å². The zero-order valence-corrected chi connectivity index (χ0v) is 13.7. The molecular weight excluding hydrogens is 328 g/mol. The SMILES string of the molecule is O=C(Cc1cccc(F)c1)N1CCOC(COc2ccc(F)cc2)C1. The van der Waals surface area contributed by atoms with Crippen molar-refractivity contribution in [1.82, 2.24) is 4.90 Å². The number of benzene rings is 2. The minimum absolute atomic E-state index is 0.0688. The van der Waals surface area contributed by atoms with Gasteiger partial charge in [-0.25, -0.2) is 8.78 Å². The van der Waals surface area contributed by atoms with Crippen molar-refractivity contribution >= 4 is 5.91 Å². The third-order valence-corrected chi connectivity index (χ3v) is 3.99. The average Bonchev–Trinajstić information content (AvgIpc) is 2.61. The number of ether oxygens (including phenoxy) is 2. The molecule has 6 heteroatoms. The zero-order valence-electron chi connectivity index (χ0n) is 13.7. The quantitative estimate of drug-likeness (QED) is 0.835. The zero-order chi connectivity index (χ0) is 17.6. The summed E-state index contributed by atoms with van der Waals surface area (Å²) < 4.78 is 37.3. The van der Waals surface area contributed by atoms with E-state index in [1.165, 1.54) is 24.3 Å². The number of amides is 1. The van der Waals surface area contributed by atoms with Crippen molar-refractivity contribution in [2.75, 3.05) is 26.3 Å². The molecule has 2 aromatic rings. The molecule has 0 saturated carbocycles. The number of carbonyl (C=O) groups is 1. The van der Waals surface area contributed by atoms with Gasteiger partial charge < -0.3 is 14.4 Å². The maximum absolute atomic E-state index is 13.2. The van der Waals surface area contributed by atoms with Crippen LogP contribution in [0.3, 0.4) is 0 Å². The van der Waals surface area contributed by atoms with Crippen molar-refractivity contribution in [3.05, 3.63) is 65.7 Å². The van der Waals surface area contributed by atoms with Crippen molar-refractivity contribution in [3.8, 4) is 5.75 Å². The second-order valence-electron chi connectivity index (χ2n) is 5.90. The van der Waals surface area contributed by atoms with Crippen LogP contribution in [0.4, 0.5) is 8.78 Å². The summed E-state index contributed by atoms with van der Waals surface area (Å²) in [4.78, 5) is 14.1. The van der Waals surface area contributed by atoms with Crippen molar-refractivity contribution < 1.29 is 23.0 Å². The van der Waals surface area contributed by atoms with Crippen LogP contribution < -0.4 is 4.74 Å². The Labute approximate surface area is 145 Å². The normalized spacial score (nSPS) is 17.4. The lowest BCUT2D eigenvalue weighted by atomic mass is 10.1. The van der Waals surface area contributed by atoms with Crippen LogP contribution in [0.1, 0.15) is 5.56 Å². The average molecular weight is 347 g/mol. The highest BCUT2D eigenvalue weighted by atomic mass is 19.1. The molecular formula is C19H19F2NO3. The monoisotopic (exact) mass is 347 g/mol. The van der Waals surface area contributed by atoms with E-state index in [4.69, 9.17) is 9.47 Å². The van der Waals surface area contributed by atoms with Gasteiger partial charge in [-0.2, -0.15) is 0 Å². The number of rotatable bonds is 5. The Balaban J connectivity index is 1.51. The summed E-state index contributed by atoms with van der Waals surface area (Å²) in [6, 6.07) is 11.8. The second kappa shape index (κ2) is 8.07. The lowest BCUT2D eigenvalue weighted by Crippen LogP contribution is -2.48. The summed E-state index contributed by atoms with van der Waals surface area (Å²) >= 11 is 0. The largest absolute Gasteiger partial charge is 0.491 e. The molecule has 0 radical (unpaired) electrons. The molecule has 1 aliphatic rings. The van der Waals surface area contributed by atoms with Gasteiger partial charge >= 0.3 is 0 Å². The van der Waals surface area contributed by atoms with Gasteiger partial charge in [-0.1, -0.05) is 12.1 Å². The second-order valence-corrected chi connectivity index (χ2v) is 5.90. The number of morpholine rings is 1. The van der Waals surface area contributed by atoms with Gasteiger partial charge in [0.15, 0.2) is 0 Å². The van der Waals surface area contributed by atoms with Crippen LogP contribution in [0.15, 0.2) is 48.5 Å². The summed E-state index contributed by atoms with van der Waals surface area (Å²) in [5.41, 5.74) is 0.649. The molecule has 1 aliphatic heterocycles. The molecule has 0 spiro atoms. The number of carbonyl (C=O) groups excluding carboxylic acids is 1. The maximum Gasteiger partial charge on any atom is 0.227 e. The molecule has 0 N–H and O–H groups in total. The molecule has 25 heavy (non-hydrogen) atoms. The molecule has 132 valence electrons. The first kappa shape index (κ1) is 17.4. The fourth-order valence-corrected chi connectivity index (χ4v) is 2.70. The molecule has 4 nitrogen and oxygen atoms in total. The fourth-order valence-electron chi connectivity index (χ4n) is 2.70. The van der Waals surface area contributed by atoms with Crippen molar-refractivity contribution in [3.63, 3.8) is 0 Å². The van der Waals surface area contributed by atoms with Gasteiger partial charge in [-0.15, -0.1) is 0 Å². The Morgan fingerprint density at radius 3 is 2.72 bits per heavy atom. The van der Waals surface area contributed by atoms with E-state index < -0.39 is 0 Å². The Hall–Kier alpha value is -2.47. The third-order valence-electron chi connectivity index (χ3n) is 3.99. The first-order valence-electron chi connectivity index (χ1n) is 8.12. The predicted octanol–water partition coefficient (Wildman–Crippen LogP) is 2.81. The van der Waals surface area contributed by atoms with Crippen LogP contribution >= 0.6 is 0 Å². The molecule has 1 fully saturated rings. The van der Waals surface area contributed by atoms with E-state index >= 15 is 0 Å². The first-order valence-corrected chi connectivity index (χ1v) is 8.12. The Morgan fingerprint density at radius 1 is 1.16 bits per heavy atom. The Bertz CT molecular complexity index is 721. The molecule has 2 aromatic carbocycles. The molecule has 1 atom stereocenters. The molecule has 0 aromatic heterocycles. The van der Waals surface area contributed by atoms with E-state index in [-0.39, 0.29) is 36.7 Å². The number of nitrogens with zero attached hydrogens (tertiary/aromatic N) is 1. The lowest BCUT2D eigenvalue weighted by molar-refractivity contribution is -0.139. The molecule has 1 saturated heterocycles. The van der Waals surface area contributed by atoms with Gasteiger partial charge in [-0.05, 0) is 42.0 Å². The Kier molecular flexibility index (Phi) is 5.60. The third kappa shape index (κ3) is 5.00. The highest BCUT2D eigenvalue weighted by Gasteiger charge is 2.24. The van der Waals surface area contributed by atoms with Crippen molar-refractivity contribution in [2.45, 2.75) is 12.5 Å². The fraction of sp³-hybridized carbons (Fsp3) is 0.316. The van der Waals surface area contributed by atoms with Crippen LogP contribution in [-0.2, 0) is 16.0 Å². The van der Waals surface area contributed by atoms with Crippen LogP contribution in [-0.4, -0.2) is 43.2 Å². The highest BCUT2D eigenvalue weighted by Crippen LogP contribution is 2.14. The first-order chi connectivity index (χ1) is 12.1. The van der Waals surface area contributed by atoms with Crippen molar-refractivity contribution in [2.24, 2.45) is 0 Å². The summed E-state index contributed by atoms with van der Waals surface area (Å²) in [5, 5.41) is 0. The van der Waals surface area contributed by atoms with E-state index in [0.717, 1.165) is 0 Å². The smallest absolute Gasteiger partial charge is 0.227 e. The Morgan fingerprint density at radius 2 is 1.96 bits per heavy atom. The number of halogens is 2. The maximum atomic E-state index is 13.2. The predicted molar refractivity (Wildman–Crippen MR) is 88.3 cm³/mol. The molecule has 1 amide bonds. The molecule has 0 bridgehead atoms. The summed E-state index contributed by atoms with van der Waals surface area (Å²) in [7, 11) is 0.